The molecule has 234 valence electrons. The van der Waals surface area contributed by atoms with Gasteiger partial charge in [-0.3, -0.25) is 19.3 Å². The van der Waals surface area contributed by atoms with E-state index in [1.807, 2.05) is 48.5 Å². The Hall–Kier alpha value is -4.81. The predicted molar refractivity (Wildman–Crippen MR) is 170 cm³/mol. The molecule has 2 aliphatic rings. The summed E-state index contributed by atoms with van der Waals surface area (Å²) in [5.41, 5.74) is 4.12. The van der Waals surface area contributed by atoms with Gasteiger partial charge in [0, 0.05) is 50.2 Å². The maximum absolute atomic E-state index is 14.4. The summed E-state index contributed by atoms with van der Waals surface area (Å²) >= 11 is 0. The van der Waals surface area contributed by atoms with Gasteiger partial charge in [-0.2, -0.15) is 0 Å². The maximum atomic E-state index is 14.4. The van der Waals surface area contributed by atoms with Crippen molar-refractivity contribution in [2.24, 2.45) is 0 Å². The number of carbonyl (C=O) groups is 3. The third-order valence-electron chi connectivity index (χ3n) is 8.06. The van der Waals surface area contributed by atoms with Crippen molar-refractivity contribution in [2.75, 3.05) is 54.6 Å². The molecule has 4 aromatic rings. The Balaban J connectivity index is 1.37. The molecule has 0 unspecified atom stereocenters. The van der Waals surface area contributed by atoms with Crippen molar-refractivity contribution in [1.29, 1.82) is 0 Å². The van der Waals surface area contributed by atoms with E-state index in [1.54, 1.807) is 28.9 Å². The second-order valence-electron chi connectivity index (χ2n) is 11.2. The Labute approximate surface area is 261 Å². The van der Waals surface area contributed by atoms with Gasteiger partial charge in [-0.25, -0.2) is 4.68 Å². The van der Waals surface area contributed by atoms with Gasteiger partial charge in [0.1, 0.15) is 18.1 Å². The van der Waals surface area contributed by atoms with Gasteiger partial charge in [0.05, 0.1) is 24.8 Å². The lowest BCUT2D eigenvalue weighted by molar-refractivity contribution is -0.127. The van der Waals surface area contributed by atoms with Crippen LogP contribution >= 0.6 is 0 Å². The quantitative estimate of drug-likeness (QED) is 0.279. The molecule has 6 rings (SSSR count). The van der Waals surface area contributed by atoms with E-state index >= 15 is 0 Å². The minimum atomic E-state index is -1.00. The molecular formula is C33H37N7O5. The monoisotopic (exact) mass is 611 g/mol. The van der Waals surface area contributed by atoms with Crippen LogP contribution in [0.25, 0.3) is 11.0 Å². The van der Waals surface area contributed by atoms with Crippen LogP contribution in [0.3, 0.4) is 0 Å². The number of fused-ring (bicyclic) bond motifs is 1. The molecule has 2 saturated heterocycles. The number of rotatable bonds is 10. The second kappa shape index (κ2) is 13.9. The van der Waals surface area contributed by atoms with Crippen molar-refractivity contribution < 1.29 is 23.9 Å². The van der Waals surface area contributed by atoms with Gasteiger partial charge in [0.25, 0.3) is 0 Å². The number of hydrogen-bond acceptors (Lipinski definition) is 8. The van der Waals surface area contributed by atoms with Crippen LogP contribution in [0.2, 0.25) is 0 Å². The minimum Gasteiger partial charge on any atom is -0.378 e. The smallest absolute Gasteiger partial charge is 0.249 e. The first kappa shape index (κ1) is 30.2. The third kappa shape index (κ3) is 7.13. The molecule has 0 radical (unpaired) electrons. The Morgan fingerprint density at radius 2 is 1.73 bits per heavy atom. The molecule has 2 atom stereocenters. The lowest BCUT2D eigenvalue weighted by Crippen LogP contribution is -2.46. The second-order valence-corrected chi connectivity index (χ2v) is 11.2. The summed E-state index contributed by atoms with van der Waals surface area (Å²) in [5, 5.41) is 14.2. The largest absolute Gasteiger partial charge is 0.378 e. The van der Waals surface area contributed by atoms with Crippen LogP contribution in [0, 0.1) is 0 Å². The normalized spacial score (nSPS) is 17.2. The molecule has 2 aliphatic heterocycles. The van der Waals surface area contributed by atoms with Crippen molar-refractivity contribution >= 4 is 45.8 Å². The number of amides is 3. The van der Waals surface area contributed by atoms with Gasteiger partial charge in [-0.1, -0.05) is 29.5 Å². The number of ether oxygens (including phenoxy) is 2. The molecule has 3 aromatic carbocycles. The molecule has 12 nitrogen and oxygen atoms in total. The fourth-order valence-corrected chi connectivity index (χ4v) is 5.81. The first-order valence-electron chi connectivity index (χ1n) is 15.3. The van der Waals surface area contributed by atoms with Gasteiger partial charge in [-0.15, -0.1) is 5.10 Å². The summed E-state index contributed by atoms with van der Waals surface area (Å²) in [4.78, 5) is 43.9. The highest BCUT2D eigenvalue weighted by molar-refractivity contribution is 6.02. The van der Waals surface area contributed by atoms with Gasteiger partial charge in [-0.05, 0) is 66.9 Å². The Morgan fingerprint density at radius 3 is 2.44 bits per heavy atom. The van der Waals surface area contributed by atoms with E-state index in [1.165, 1.54) is 11.8 Å². The molecule has 1 aromatic heterocycles. The van der Waals surface area contributed by atoms with Gasteiger partial charge < -0.3 is 25.0 Å². The molecule has 3 heterocycles. The van der Waals surface area contributed by atoms with Crippen molar-refractivity contribution in [3.8, 4) is 0 Å². The summed E-state index contributed by atoms with van der Waals surface area (Å²) in [5.74, 6) is -0.889. The number of anilines is 3. The standard InChI is InChI=1S/C33H37N7O5/c1-23(41)35-25-10-14-27(15-11-25)40(31(42)22-39-30-7-3-2-6-29(30)36-37-39)32(33(43)34-21-28-5-4-18-45-28)24-8-12-26(13-9-24)38-16-19-44-20-17-38/h2-3,6-15,28,32H,4-5,16-22H2,1H3,(H,34,43)(H,35,41)/t28-,32+/m0/s1. The number of hydrogen-bond donors (Lipinski definition) is 2. The van der Waals surface area contributed by atoms with E-state index in [2.05, 4.69) is 25.8 Å². The zero-order valence-electron chi connectivity index (χ0n) is 25.2. The molecule has 0 spiro atoms. The minimum absolute atomic E-state index is 0.0686. The molecule has 12 heteroatoms. The summed E-state index contributed by atoms with van der Waals surface area (Å²) in [6, 6.07) is 21.1. The van der Waals surface area contributed by atoms with E-state index in [0.29, 0.717) is 54.3 Å². The molecule has 0 bridgehead atoms. The molecule has 45 heavy (non-hydrogen) atoms. The van der Waals surface area contributed by atoms with Crippen molar-refractivity contribution in [1.82, 2.24) is 20.3 Å². The van der Waals surface area contributed by atoms with Gasteiger partial charge in [0.15, 0.2) is 0 Å². The Morgan fingerprint density at radius 1 is 0.978 bits per heavy atom. The average molecular weight is 612 g/mol. The summed E-state index contributed by atoms with van der Waals surface area (Å²) < 4.78 is 12.8. The SMILES string of the molecule is CC(=O)Nc1ccc(N(C(=O)Cn2nnc3ccccc32)[C@@H](C(=O)NC[C@@H]2CCCO2)c2ccc(N3CCOCC3)cc2)cc1. The molecule has 3 amide bonds. The maximum Gasteiger partial charge on any atom is 0.249 e. The molecule has 0 saturated carbocycles. The number of nitrogens with one attached hydrogen (secondary N) is 2. The first-order valence-corrected chi connectivity index (χ1v) is 15.3. The van der Waals surface area contributed by atoms with Gasteiger partial charge in [0.2, 0.25) is 17.7 Å². The number of para-hydroxylation sites is 1. The van der Waals surface area contributed by atoms with E-state index in [4.69, 9.17) is 9.47 Å². The van der Waals surface area contributed by atoms with Crippen LogP contribution < -0.4 is 20.4 Å². The zero-order chi connectivity index (χ0) is 31.2. The summed E-state index contributed by atoms with van der Waals surface area (Å²) in [7, 11) is 0. The van der Waals surface area contributed by atoms with Crippen LogP contribution in [-0.4, -0.2) is 78.3 Å². The van der Waals surface area contributed by atoms with Crippen LogP contribution in [-0.2, 0) is 30.4 Å². The van der Waals surface area contributed by atoms with Crippen LogP contribution in [0.1, 0.15) is 31.4 Å². The molecule has 0 aliphatic carbocycles. The Bertz CT molecular complexity index is 1630. The van der Waals surface area contributed by atoms with E-state index in [-0.39, 0.29) is 30.4 Å². The molecular weight excluding hydrogens is 574 g/mol. The number of benzene rings is 3. The fraction of sp³-hybridized carbons (Fsp3) is 0.364. The van der Waals surface area contributed by atoms with E-state index in [9.17, 15) is 14.4 Å². The predicted octanol–water partition coefficient (Wildman–Crippen LogP) is 3.30. The van der Waals surface area contributed by atoms with Crippen LogP contribution in [0.4, 0.5) is 17.1 Å². The number of nitrogens with zero attached hydrogens (tertiary/aromatic N) is 5. The highest BCUT2D eigenvalue weighted by atomic mass is 16.5. The van der Waals surface area contributed by atoms with E-state index in [0.717, 1.165) is 31.6 Å². The molecule has 2 N–H and O–H groups in total. The van der Waals surface area contributed by atoms with Crippen molar-refractivity contribution in [2.45, 2.75) is 38.5 Å². The Kier molecular flexibility index (Phi) is 9.32. The average Bonchev–Trinajstić information content (AvgIpc) is 3.74. The first-order chi connectivity index (χ1) is 22.0. The summed E-state index contributed by atoms with van der Waals surface area (Å²) in [6.45, 7) is 5.18. The van der Waals surface area contributed by atoms with Crippen LogP contribution in [0.15, 0.2) is 72.8 Å². The van der Waals surface area contributed by atoms with Crippen LogP contribution in [0.5, 0.6) is 0 Å². The third-order valence-corrected chi connectivity index (χ3v) is 8.06. The molecule has 2 fully saturated rings. The lowest BCUT2D eigenvalue weighted by atomic mass is 10.0. The fourth-order valence-electron chi connectivity index (χ4n) is 5.81. The summed E-state index contributed by atoms with van der Waals surface area (Å²) in [6.07, 6.45) is 1.75. The van der Waals surface area contributed by atoms with Crippen molar-refractivity contribution in [3.63, 3.8) is 0 Å². The zero-order valence-corrected chi connectivity index (χ0v) is 25.2. The number of morpholine rings is 1. The topological polar surface area (TPSA) is 131 Å². The highest BCUT2D eigenvalue weighted by Gasteiger charge is 2.34. The number of aromatic nitrogens is 3. The van der Waals surface area contributed by atoms with Gasteiger partial charge >= 0.3 is 0 Å². The highest BCUT2D eigenvalue weighted by Crippen LogP contribution is 2.31. The lowest BCUT2D eigenvalue weighted by Gasteiger charge is -2.33. The van der Waals surface area contributed by atoms with Crippen molar-refractivity contribution in [3.05, 3.63) is 78.4 Å². The number of carbonyl (C=O) groups excluding carboxylic acids is 3. The van der Waals surface area contributed by atoms with E-state index < -0.39 is 6.04 Å².